The minimum absolute atomic E-state index is 0.841. The van der Waals surface area contributed by atoms with Crippen LogP contribution in [0.15, 0.2) is 54.7 Å². The van der Waals surface area contributed by atoms with Gasteiger partial charge < -0.3 is 16.0 Å². The number of aromatic amines is 1. The molecule has 1 aliphatic rings. The van der Waals surface area contributed by atoms with Gasteiger partial charge in [0.25, 0.3) is 0 Å². The number of hydrogen-bond donors (Lipinski definition) is 3. The van der Waals surface area contributed by atoms with Crippen LogP contribution in [-0.2, 0) is 6.42 Å². The van der Waals surface area contributed by atoms with E-state index < -0.39 is 0 Å². The Morgan fingerprint density at radius 2 is 1.89 bits per heavy atom. The SMILES string of the molecule is Nc1ccc2c(c1)NCC2.c1ccc2[nH]ccc2c1. The van der Waals surface area contributed by atoms with Crippen LogP contribution in [0, 0.1) is 0 Å². The van der Waals surface area contributed by atoms with Crippen LogP contribution in [0.4, 0.5) is 11.4 Å². The predicted octanol–water partition coefficient (Wildman–Crippen LogP) is 3.40. The van der Waals surface area contributed by atoms with E-state index >= 15 is 0 Å². The van der Waals surface area contributed by atoms with Crippen LogP contribution in [-0.4, -0.2) is 11.5 Å². The van der Waals surface area contributed by atoms with Crippen LogP contribution >= 0.6 is 0 Å². The van der Waals surface area contributed by atoms with Crippen LogP contribution in [0.3, 0.4) is 0 Å². The molecule has 0 aliphatic carbocycles. The summed E-state index contributed by atoms with van der Waals surface area (Å²) >= 11 is 0. The van der Waals surface area contributed by atoms with Crippen molar-refractivity contribution in [2.24, 2.45) is 0 Å². The molecule has 2 aromatic carbocycles. The fourth-order valence-corrected chi connectivity index (χ4v) is 2.30. The third-order valence-electron chi connectivity index (χ3n) is 3.31. The van der Waals surface area contributed by atoms with Gasteiger partial charge in [-0.2, -0.15) is 0 Å². The molecule has 0 unspecified atom stereocenters. The Hall–Kier alpha value is -2.42. The fraction of sp³-hybridized carbons (Fsp3) is 0.125. The highest BCUT2D eigenvalue weighted by molar-refractivity contribution is 5.78. The van der Waals surface area contributed by atoms with E-state index in [1.165, 1.54) is 22.2 Å². The van der Waals surface area contributed by atoms with Crippen molar-refractivity contribution >= 4 is 22.3 Å². The zero-order chi connectivity index (χ0) is 13.1. The molecule has 0 saturated heterocycles. The molecule has 4 N–H and O–H groups in total. The quantitative estimate of drug-likeness (QED) is 0.536. The molecule has 0 fully saturated rings. The Bertz CT molecular complexity index is 655. The summed E-state index contributed by atoms with van der Waals surface area (Å²) in [6, 6.07) is 16.3. The van der Waals surface area contributed by atoms with Crippen molar-refractivity contribution in [3.8, 4) is 0 Å². The molecule has 4 rings (SSSR count). The van der Waals surface area contributed by atoms with E-state index in [9.17, 15) is 0 Å². The molecular weight excluding hydrogens is 234 g/mol. The molecule has 19 heavy (non-hydrogen) atoms. The minimum atomic E-state index is 0.841. The highest BCUT2D eigenvalue weighted by atomic mass is 14.9. The number of nitrogens with two attached hydrogens (primary N) is 1. The highest BCUT2D eigenvalue weighted by Crippen LogP contribution is 2.23. The van der Waals surface area contributed by atoms with Gasteiger partial charge in [0, 0.05) is 29.6 Å². The third kappa shape index (κ3) is 2.55. The van der Waals surface area contributed by atoms with E-state index in [-0.39, 0.29) is 0 Å². The van der Waals surface area contributed by atoms with Gasteiger partial charge in [-0.25, -0.2) is 0 Å². The van der Waals surface area contributed by atoms with Crippen molar-refractivity contribution in [1.29, 1.82) is 0 Å². The van der Waals surface area contributed by atoms with E-state index in [4.69, 9.17) is 5.73 Å². The van der Waals surface area contributed by atoms with Gasteiger partial charge in [0.15, 0.2) is 0 Å². The molecule has 0 bridgehead atoms. The third-order valence-corrected chi connectivity index (χ3v) is 3.31. The van der Waals surface area contributed by atoms with Crippen LogP contribution in [0.5, 0.6) is 0 Å². The number of nitrogens with one attached hydrogen (secondary N) is 2. The first-order valence-electron chi connectivity index (χ1n) is 6.47. The molecule has 0 spiro atoms. The van der Waals surface area contributed by atoms with Gasteiger partial charge in [0.2, 0.25) is 0 Å². The number of anilines is 2. The van der Waals surface area contributed by atoms with Gasteiger partial charge in [-0.1, -0.05) is 24.3 Å². The summed E-state index contributed by atoms with van der Waals surface area (Å²) in [5, 5.41) is 4.54. The average Bonchev–Trinajstić information content (AvgIpc) is 3.07. The number of hydrogen-bond acceptors (Lipinski definition) is 2. The number of rotatable bonds is 0. The zero-order valence-electron chi connectivity index (χ0n) is 10.7. The van der Waals surface area contributed by atoms with Crippen molar-refractivity contribution in [3.63, 3.8) is 0 Å². The van der Waals surface area contributed by atoms with Crippen LogP contribution in [0.1, 0.15) is 5.56 Å². The lowest BCUT2D eigenvalue weighted by Gasteiger charge is -1.98. The standard InChI is InChI=1S/C8H10N2.C8H7N/c9-7-2-1-6-3-4-10-8(6)5-7;1-2-4-8-7(3-1)5-6-9-8/h1-2,5,10H,3-4,9H2;1-6,9H. The molecule has 1 aliphatic heterocycles. The Kier molecular flexibility index (Phi) is 3.11. The normalized spacial score (nSPS) is 12.4. The van der Waals surface area contributed by atoms with E-state index in [2.05, 4.69) is 34.6 Å². The first kappa shape index (κ1) is 11.7. The lowest BCUT2D eigenvalue weighted by Crippen LogP contribution is -1.91. The molecule has 96 valence electrons. The second kappa shape index (κ2) is 5.06. The number of benzene rings is 2. The predicted molar refractivity (Wildman–Crippen MR) is 81.3 cm³/mol. The molecule has 0 radical (unpaired) electrons. The van der Waals surface area contributed by atoms with E-state index in [1.807, 2.05) is 30.5 Å². The van der Waals surface area contributed by atoms with Gasteiger partial charge in [0.1, 0.15) is 0 Å². The van der Waals surface area contributed by atoms with Crippen LogP contribution in [0.25, 0.3) is 10.9 Å². The van der Waals surface area contributed by atoms with E-state index in [0.29, 0.717) is 0 Å². The average molecular weight is 251 g/mol. The summed E-state index contributed by atoms with van der Waals surface area (Å²) in [5.41, 5.74) is 10.2. The van der Waals surface area contributed by atoms with Gasteiger partial charge >= 0.3 is 0 Å². The van der Waals surface area contributed by atoms with Crippen molar-refractivity contribution < 1.29 is 0 Å². The van der Waals surface area contributed by atoms with E-state index in [0.717, 1.165) is 18.7 Å². The Morgan fingerprint density at radius 3 is 2.79 bits per heavy atom. The summed E-state index contributed by atoms with van der Waals surface area (Å²) in [6.07, 6.45) is 3.08. The molecule has 0 atom stereocenters. The summed E-state index contributed by atoms with van der Waals surface area (Å²) in [6.45, 7) is 1.05. The molecule has 0 saturated carbocycles. The summed E-state index contributed by atoms with van der Waals surface area (Å²) in [7, 11) is 0. The lowest BCUT2D eigenvalue weighted by molar-refractivity contribution is 1.11. The number of fused-ring (bicyclic) bond motifs is 2. The van der Waals surface area contributed by atoms with Gasteiger partial charge in [-0.05, 0) is 41.6 Å². The second-order valence-corrected chi connectivity index (χ2v) is 4.66. The number of para-hydroxylation sites is 1. The number of aromatic nitrogens is 1. The topological polar surface area (TPSA) is 53.8 Å². The Labute approximate surface area is 112 Å². The molecule has 0 amide bonds. The number of H-pyrrole nitrogens is 1. The minimum Gasteiger partial charge on any atom is -0.399 e. The summed E-state index contributed by atoms with van der Waals surface area (Å²) in [4.78, 5) is 3.12. The molecule has 3 nitrogen and oxygen atoms in total. The van der Waals surface area contributed by atoms with E-state index in [1.54, 1.807) is 0 Å². The number of nitrogen functional groups attached to an aromatic ring is 1. The first-order chi connectivity index (χ1) is 9.33. The van der Waals surface area contributed by atoms with Gasteiger partial charge in [-0.3, -0.25) is 0 Å². The molecule has 1 aromatic heterocycles. The smallest absolute Gasteiger partial charge is 0.0453 e. The maximum absolute atomic E-state index is 5.59. The van der Waals surface area contributed by atoms with Gasteiger partial charge in [-0.15, -0.1) is 0 Å². The first-order valence-corrected chi connectivity index (χ1v) is 6.47. The van der Waals surface area contributed by atoms with Gasteiger partial charge in [0.05, 0.1) is 0 Å². The summed E-state index contributed by atoms with van der Waals surface area (Å²) < 4.78 is 0. The molecular formula is C16H17N3. The van der Waals surface area contributed by atoms with Crippen molar-refractivity contribution in [2.45, 2.75) is 6.42 Å². The summed E-state index contributed by atoms with van der Waals surface area (Å²) in [5.74, 6) is 0. The monoisotopic (exact) mass is 251 g/mol. The Balaban J connectivity index is 0.000000117. The molecule has 3 heteroatoms. The van der Waals surface area contributed by atoms with Crippen molar-refractivity contribution in [2.75, 3.05) is 17.6 Å². The highest BCUT2D eigenvalue weighted by Gasteiger charge is 2.07. The molecule has 3 aromatic rings. The second-order valence-electron chi connectivity index (χ2n) is 4.66. The maximum Gasteiger partial charge on any atom is 0.0453 e. The van der Waals surface area contributed by atoms with Crippen LogP contribution in [0.2, 0.25) is 0 Å². The van der Waals surface area contributed by atoms with Crippen molar-refractivity contribution in [1.82, 2.24) is 4.98 Å². The van der Waals surface area contributed by atoms with Crippen LogP contribution < -0.4 is 11.1 Å². The largest absolute Gasteiger partial charge is 0.399 e. The molecule has 2 heterocycles. The Morgan fingerprint density at radius 1 is 1.00 bits per heavy atom. The maximum atomic E-state index is 5.59. The zero-order valence-corrected chi connectivity index (χ0v) is 10.7. The lowest BCUT2D eigenvalue weighted by atomic mass is 10.1. The fourth-order valence-electron chi connectivity index (χ4n) is 2.30. The van der Waals surface area contributed by atoms with Crippen molar-refractivity contribution in [3.05, 3.63) is 60.3 Å².